The van der Waals surface area contributed by atoms with Crippen molar-refractivity contribution >= 4 is 17.2 Å². The number of carbonyl (C=O) groups is 1. The number of benzene rings is 1. The van der Waals surface area contributed by atoms with Gasteiger partial charge in [0.15, 0.2) is 6.61 Å². The summed E-state index contributed by atoms with van der Waals surface area (Å²) in [5.74, 6) is 1.00. The fraction of sp³-hybridized carbons (Fsp3) is 0.368. The molecule has 2 heterocycles. The quantitative estimate of drug-likeness (QED) is 0.675. The van der Waals surface area contributed by atoms with Gasteiger partial charge in [0.1, 0.15) is 12.3 Å². The summed E-state index contributed by atoms with van der Waals surface area (Å²) in [6, 6.07) is 13.4. The number of rotatable bonds is 7. The third-order valence-electron chi connectivity index (χ3n) is 3.89. The minimum absolute atomic E-state index is 0.0102. The highest BCUT2D eigenvalue weighted by atomic mass is 32.1. The molecule has 0 fully saturated rings. The first-order valence-corrected chi connectivity index (χ1v) is 9.57. The maximum atomic E-state index is 12.5. The standard InChI is InChI=1S/C19H23N5O2S/c1-19(2,3)18(15-10-7-11-27-15)20-17(25)12-24-22-16(21-23-24)13-26-14-8-5-4-6-9-14/h4-11,18H,12-13H2,1-3H3,(H,20,25)/t18-/m1/s1. The largest absolute Gasteiger partial charge is 0.485 e. The highest BCUT2D eigenvalue weighted by Gasteiger charge is 2.28. The predicted molar refractivity (Wildman–Crippen MR) is 103 cm³/mol. The number of nitrogens with zero attached hydrogens (tertiary/aromatic N) is 4. The van der Waals surface area contributed by atoms with Gasteiger partial charge in [0.25, 0.3) is 0 Å². The van der Waals surface area contributed by atoms with E-state index in [0.717, 1.165) is 10.6 Å². The summed E-state index contributed by atoms with van der Waals surface area (Å²) in [5.41, 5.74) is -0.106. The zero-order valence-corrected chi connectivity index (χ0v) is 16.4. The van der Waals surface area contributed by atoms with Gasteiger partial charge in [0, 0.05) is 4.88 Å². The van der Waals surface area contributed by atoms with E-state index < -0.39 is 0 Å². The number of ether oxygens (including phenoxy) is 1. The molecule has 1 N–H and O–H groups in total. The number of hydrogen-bond acceptors (Lipinski definition) is 6. The van der Waals surface area contributed by atoms with Crippen molar-refractivity contribution in [2.24, 2.45) is 5.41 Å². The van der Waals surface area contributed by atoms with Crippen LogP contribution in [0.3, 0.4) is 0 Å². The Morgan fingerprint density at radius 3 is 2.67 bits per heavy atom. The zero-order valence-electron chi connectivity index (χ0n) is 15.6. The average molecular weight is 385 g/mol. The Morgan fingerprint density at radius 2 is 2.00 bits per heavy atom. The van der Waals surface area contributed by atoms with E-state index in [4.69, 9.17) is 4.74 Å². The Balaban J connectivity index is 1.57. The Kier molecular flexibility index (Phi) is 5.85. The monoisotopic (exact) mass is 385 g/mol. The van der Waals surface area contributed by atoms with E-state index in [2.05, 4.69) is 41.5 Å². The molecule has 1 atom stereocenters. The van der Waals surface area contributed by atoms with Gasteiger partial charge in [-0.3, -0.25) is 4.79 Å². The second-order valence-corrected chi connectivity index (χ2v) is 8.20. The number of tetrazole rings is 1. The van der Waals surface area contributed by atoms with Gasteiger partial charge < -0.3 is 10.1 Å². The molecule has 8 heteroatoms. The molecule has 7 nitrogen and oxygen atoms in total. The highest BCUT2D eigenvalue weighted by Crippen LogP contribution is 2.35. The minimum Gasteiger partial charge on any atom is -0.485 e. The molecule has 0 saturated heterocycles. The molecule has 0 spiro atoms. The first-order chi connectivity index (χ1) is 12.9. The Labute approximate surface area is 162 Å². The molecule has 142 valence electrons. The van der Waals surface area contributed by atoms with E-state index >= 15 is 0 Å². The maximum Gasteiger partial charge on any atom is 0.244 e. The molecule has 0 unspecified atom stereocenters. The van der Waals surface area contributed by atoms with E-state index in [-0.39, 0.29) is 30.5 Å². The molecule has 2 aromatic heterocycles. The lowest BCUT2D eigenvalue weighted by Gasteiger charge is -2.30. The summed E-state index contributed by atoms with van der Waals surface area (Å²) < 4.78 is 5.59. The van der Waals surface area contributed by atoms with Crippen LogP contribution in [0.4, 0.5) is 0 Å². The summed E-state index contributed by atoms with van der Waals surface area (Å²) in [4.78, 5) is 14.9. The van der Waals surface area contributed by atoms with Crippen LogP contribution in [0.2, 0.25) is 0 Å². The fourth-order valence-electron chi connectivity index (χ4n) is 2.57. The van der Waals surface area contributed by atoms with Crippen LogP contribution in [0.25, 0.3) is 0 Å². The fourth-order valence-corrected chi connectivity index (χ4v) is 3.59. The summed E-state index contributed by atoms with van der Waals surface area (Å²) in [5, 5.41) is 17.2. The second-order valence-electron chi connectivity index (χ2n) is 7.22. The smallest absolute Gasteiger partial charge is 0.244 e. The summed E-state index contributed by atoms with van der Waals surface area (Å²) in [6.45, 7) is 6.51. The van der Waals surface area contributed by atoms with Gasteiger partial charge >= 0.3 is 0 Å². The number of nitrogens with one attached hydrogen (secondary N) is 1. The van der Waals surface area contributed by atoms with Gasteiger partial charge in [-0.05, 0) is 34.2 Å². The zero-order chi connectivity index (χ0) is 19.3. The second kappa shape index (κ2) is 8.30. The van der Waals surface area contributed by atoms with Crippen molar-refractivity contribution < 1.29 is 9.53 Å². The Morgan fingerprint density at radius 1 is 1.22 bits per heavy atom. The molecule has 0 aliphatic heterocycles. The van der Waals surface area contributed by atoms with Crippen molar-refractivity contribution in [1.29, 1.82) is 0 Å². The molecule has 0 aliphatic carbocycles. The van der Waals surface area contributed by atoms with Crippen LogP contribution >= 0.6 is 11.3 Å². The van der Waals surface area contributed by atoms with Crippen molar-refractivity contribution in [2.75, 3.05) is 0 Å². The molecule has 0 bridgehead atoms. The SMILES string of the molecule is CC(C)(C)[C@H](NC(=O)Cn1nnc(COc2ccccc2)n1)c1cccs1. The topological polar surface area (TPSA) is 81.9 Å². The van der Waals surface area contributed by atoms with Crippen LogP contribution < -0.4 is 10.1 Å². The highest BCUT2D eigenvalue weighted by molar-refractivity contribution is 7.10. The average Bonchev–Trinajstić information content (AvgIpc) is 3.30. The van der Waals surface area contributed by atoms with E-state index in [9.17, 15) is 4.79 Å². The van der Waals surface area contributed by atoms with E-state index in [0.29, 0.717) is 5.82 Å². The van der Waals surface area contributed by atoms with E-state index in [1.54, 1.807) is 11.3 Å². The molecular weight excluding hydrogens is 362 g/mol. The lowest BCUT2D eigenvalue weighted by atomic mass is 9.86. The molecule has 3 aromatic rings. The van der Waals surface area contributed by atoms with Crippen molar-refractivity contribution in [3.63, 3.8) is 0 Å². The van der Waals surface area contributed by atoms with Gasteiger partial charge in [-0.15, -0.1) is 21.5 Å². The molecule has 1 amide bonds. The van der Waals surface area contributed by atoms with Crippen molar-refractivity contribution in [3.8, 4) is 5.75 Å². The van der Waals surface area contributed by atoms with E-state index in [1.807, 2.05) is 47.8 Å². The normalized spacial score (nSPS) is 12.6. The third-order valence-corrected chi connectivity index (χ3v) is 4.83. The molecular formula is C19H23N5O2S. The lowest BCUT2D eigenvalue weighted by Crippen LogP contribution is -2.38. The lowest BCUT2D eigenvalue weighted by molar-refractivity contribution is -0.123. The minimum atomic E-state index is -0.156. The number of para-hydroxylation sites is 1. The van der Waals surface area contributed by atoms with Crippen LogP contribution in [-0.2, 0) is 17.9 Å². The molecule has 3 rings (SSSR count). The number of thiophene rings is 1. The molecule has 0 aliphatic rings. The molecule has 0 saturated carbocycles. The van der Waals surface area contributed by atoms with Crippen LogP contribution in [0.1, 0.15) is 37.5 Å². The van der Waals surface area contributed by atoms with Crippen LogP contribution in [0.15, 0.2) is 47.8 Å². The van der Waals surface area contributed by atoms with Crippen LogP contribution in [0.5, 0.6) is 5.75 Å². The molecule has 27 heavy (non-hydrogen) atoms. The first-order valence-electron chi connectivity index (χ1n) is 8.69. The van der Waals surface area contributed by atoms with E-state index in [1.165, 1.54) is 4.80 Å². The molecule has 1 aromatic carbocycles. The Hall–Kier alpha value is -2.74. The van der Waals surface area contributed by atoms with Gasteiger partial charge in [-0.2, -0.15) is 4.80 Å². The van der Waals surface area contributed by atoms with Gasteiger partial charge in [0.05, 0.1) is 6.04 Å². The summed E-state index contributed by atoms with van der Waals surface area (Å²) in [6.07, 6.45) is 0. The van der Waals surface area contributed by atoms with Crippen molar-refractivity contribution in [3.05, 3.63) is 58.5 Å². The number of amides is 1. The first kappa shape index (κ1) is 19.0. The van der Waals surface area contributed by atoms with Gasteiger partial charge in [-0.1, -0.05) is 45.0 Å². The number of hydrogen-bond donors (Lipinski definition) is 1. The van der Waals surface area contributed by atoms with Crippen LogP contribution in [-0.4, -0.2) is 26.1 Å². The van der Waals surface area contributed by atoms with Crippen LogP contribution in [0, 0.1) is 5.41 Å². The Bertz CT molecular complexity index is 856. The number of carbonyl (C=O) groups excluding carboxylic acids is 1. The predicted octanol–water partition coefficient (Wildman–Crippen LogP) is 3.22. The third kappa shape index (κ3) is 5.37. The summed E-state index contributed by atoms with van der Waals surface area (Å²) in [7, 11) is 0. The molecule has 0 radical (unpaired) electrons. The van der Waals surface area contributed by atoms with Gasteiger partial charge in [0.2, 0.25) is 11.7 Å². The van der Waals surface area contributed by atoms with Crippen molar-refractivity contribution in [2.45, 2.75) is 40.0 Å². The van der Waals surface area contributed by atoms with Crippen molar-refractivity contribution in [1.82, 2.24) is 25.5 Å². The van der Waals surface area contributed by atoms with Gasteiger partial charge in [-0.25, -0.2) is 0 Å². The number of aromatic nitrogens is 4. The summed E-state index contributed by atoms with van der Waals surface area (Å²) >= 11 is 1.63. The maximum absolute atomic E-state index is 12.5.